The molecule has 1 saturated carbocycles. The molecule has 9 aromatic rings. The summed E-state index contributed by atoms with van der Waals surface area (Å²) in [4.78, 5) is 8.15. The molecular weight excluding hydrogens is 946 g/mol. The zero-order valence-electron chi connectivity index (χ0n) is 47.9. The molecule has 1 fully saturated rings. The lowest BCUT2D eigenvalue weighted by atomic mass is 9.33. The second-order valence-electron chi connectivity index (χ2n) is 27.8. The molecular formula is C73H74BN3O. The molecule has 0 bridgehead atoms. The second-order valence-corrected chi connectivity index (χ2v) is 27.8. The van der Waals surface area contributed by atoms with E-state index in [0.717, 1.165) is 58.3 Å². The van der Waals surface area contributed by atoms with Crippen LogP contribution in [0, 0.1) is 6.92 Å². The van der Waals surface area contributed by atoms with E-state index in [2.05, 4.69) is 243 Å². The summed E-state index contributed by atoms with van der Waals surface area (Å²) < 4.78 is 7.03. The summed E-state index contributed by atoms with van der Waals surface area (Å²) >= 11 is 0. The summed E-state index contributed by atoms with van der Waals surface area (Å²) in [5.74, 6) is 0. The van der Waals surface area contributed by atoms with E-state index in [4.69, 9.17) is 4.42 Å². The molecule has 2 atom stereocenters. The summed E-state index contributed by atoms with van der Waals surface area (Å²) in [6, 6.07) is 59.2. The standard InChI is InChI=1S/C73H74BN3O/c1-45-39-62-65-63(40-45)77-66-53(72(10)33-17-18-34-73(72,77)11)25-20-26-58(66)74(65)57-32-30-48(42-61(57)76(62)60-44-56-55(70(6,7)37-38-71(56,8)9)43-51(60)46-21-13-12-14-22-46)75(47-29-31-52-54(41-47)69(4,5)36-35-68(52,2)3)59-27-19-24-50-49-23-15-16-28-64(49)78-67(50)59/h12-16,19-32,39-44H,17-18,33-38H2,1-11H3. The summed E-state index contributed by atoms with van der Waals surface area (Å²) in [6.07, 6.45) is 9.50. The molecule has 3 aliphatic carbocycles. The van der Waals surface area contributed by atoms with Gasteiger partial charge in [-0.3, -0.25) is 0 Å². The fourth-order valence-electron chi connectivity index (χ4n) is 16.5. The Kier molecular flexibility index (Phi) is 9.93. The van der Waals surface area contributed by atoms with Gasteiger partial charge < -0.3 is 19.1 Å². The zero-order chi connectivity index (χ0) is 53.6. The van der Waals surface area contributed by atoms with E-state index in [1.54, 1.807) is 0 Å². The minimum absolute atomic E-state index is 0.00830. The third kappa shape index (κ3) is 6.48. The van der Waals surface area contributed by atoms with Crippen molar-refractivity contribution in [1.29, 1.82) is 0 Å². The molecule has 0 amide bonds. The number of aryl methyl sites for hydroxylation is 1. The minimum Gasteiger partial charge on any atom is -0.454 e. The number of benzene rings is 8. The monoisotopic (exact) mass is 1020 g/mol. The first kappa shape index (κ1) is 48.2. The third-order valence-electron chi connectivity index (χ3n) is 21.4. The molecule has 15 rings (SSSR count). The third-order valence-corrected chi connectivity index (χ3v) is 21.4. The molecule has 78 heavy (non-hydrogen) atoms. The normalized spacial score (nSPS) is 22.3. The molecule has 0 spiro atoms. The molecule has 390 valence electrons. The van der Waals surface area contributed by atoms with Crippen molar-refractivity contribution in [2.75, 3.05) is 14.7 Å². The van der Waals surface area contributed by atoms with Gasteiger partial charge in [-0.15, -0.1) is 0 Å². The Morgan fingerprint density at radius 1 is 0.474 bits per heavy atom. The second kappa shape index (κ2) is 16.1. The summed E-state index contributed by atoms with van der Waals surface area (Å²) in [5.41, 5.74) is 27.2. The highest BCUT2D eigenvalue weighted by atomic mass is 16.3. The van der Waals surface area contributed by atoms with E-state index in [1.165, 1.54) is 121 Å². The highest BCUT2D eigenvalue weighted by Gasteiger charge is 2.61. The minimum atomic E-state index is -0.0569. The molecule has 6 aliphatic rings. The van der Waals surface area contributed by atoms with Crippen LogP contribution in [0.2, 0.25) is 0 Å². The van der Waals surface area contributed by atoms with Gasteiger partial charge in [-0.05, 0) is 190 Å². The van der Waals surface area contributed by atoms with Gasteiger partial charge in [0, 0.05) is 55.9 Å². The van der Waals surface area contributed by atoms with Crippen molar-refractivity contribution in [1.82, 2.24) is 0 Å². The van der Waals surface area contributed by atoms with Crippen LogP contribution in [0.15, 0.2) is 156 Å². The summed E-state index contributed by atoms with van der Waals surface area (Å²) in [7, 11) is 0. The van der Waals surface area contributed by atoms with E-state index in [1.807, 2.05) is 0 Å². The van der Waals surface area contributed by atoms with E-state index >= 15 is 0 Å². The number of nitrogens with zero attached hydrogens (tertiary/aromatic N) is 3. The van der Waals surface area contributed by atoms with Gasteiger partial charge in [0.05, 0.1) is 16.9 Å². The van der Waals surface area contributed by atoms with E-state index in [0.29, 0.717) is 0 Å². The van der Waals surface area contributed by atoms with Crippen LogP contribution in [0.5, 0.6) is 0 Å². The average Bonchev–Trinajstić information content (AvgIpc) is 2.99. The highest BCUT2D eigenvalue weighted by molar-refractivity contribution is 7.00. The van der Waals surface area contributed by atoms with Crippen LogP contribution >= 0.6 is 0 Å². The Morgan fingerprint density at radius 2 is 1.10 bits per heavy atom. The van der Waals surface area contributed by atoms with Crippen LogP contribution in [0.25, 0.3) is 33.1 Å². The van der Waals surface area contributed by atoms with Gasteiger partial charge in [-0.25, -0.2) is 0 Å². The van der Waals surface area contributed by atoms with Crippen molar-refractivity contribution in [2.45, 2.75) is 160 Å². The number of furan rings is 1. The lowest BCUT2D eigenvalue weighted by Gasteiger charge is -2.53. The van der Waals surface area contributed by atoms with Crippen molar-refractivity contribution in [2.24, 2.45) is 0 Å². The van der Waals surface area contributed by atoms with Gasteiger partial charge in [0.15, 0.2) is 5.58 Å². The maximum absolute atomic E-state index is 7.03. The molecule has 0 radical (unpaired) electrons. The van der Waals surface area contributed by atoms with Crippen molar-refractivity contribution in [3.05, 3.63) is 185 Å². The van der Waals surface area contributed by atoms with Crippen LogP contribution < -0.4 is 31.1 Å². The Morgan fingerprint density at radius 3 is 1.87 bits per heavy atom. The number of rotatable bonds is 5. The first-order valence-electron chi connectivity index (χ1n) is 29.4. The topological polar surface area (TPSA) is 22.9 Å². The maximum Gasteiger partial charge on any atom is 0.252 e. The first-order chi connectivity index (χ1) is 37.3. The van der Waals surface area contributed by atoms with Crippen molar-refractivity contribution >= 4 is 90.5 Å². The molecule has 5 heteroatoms. The predicted octanol–water partition coefficient (Wildman–Crippen LogP) is 18.1. The fourth-order valence-corrected chi connectivity index (χ4v) is 16.5. The molecule has 0 saturated heterocycles. The van der Waals surface area contributed by atoms with Crippen LogP contribution in [0.3, 0.4) is 0 Å². The molecule has 4 heterocycles. The van der Waals surface area contributed by atoms with Crippen LogP contribution in [-0.2, 0) is 27.1 Å². The summed E-state index contributed by atoms with van der Waals surface area (Å²) in [6.45, 7) is 27.3. The highest BCUT2D eigenvalue weighted by Crippen LogP contribution is 2.62. The molecule has 1 aromatic heterocycles. The number of fused-ring (bicyclic) bond motifs is 12. The quantitative estimate of drug-likeness (QED) is 0.160. The van der Waals surface area contributed by atoms with Crippen molar-refractivity contribution in [3.8, 4) is 11.1 Å². The molecule has 2 unspecified atom stereocenters. The first-order valence-corrected chi connectivity index (χ1v) is 29.4. The lowest BCUT2D eigenvalue weighted by molar-refractivity contribution is 0.195. The Balaban J connectivity index is 1.06. The van der Waals surface area contributed by atoms with E-state index in [9.17, 15) is 0 Å². The smallest absolute Gasteiger partial charge is 0.252 e. The molecule has 0 N–H and O–H groups in total. The zero-order valence-corrected chi connectivity index (χ0v) is 47.9. The van der Waals surface area contributed by atoms with Crippen LogP contribution in [-0.4, -0.2) is 12.3 Å². The van der Waals surface area contributed by atoms with Crippen molar-refractivity contribution in [3.63, 3.8) is 0 Å². The summed E-state index contributed by atoms with van der Waals surface area (Å²) in [5, 5.41) is 2.27. The van der Waals surface area contributed by atoms with Crippen LogP contribution in [0.1, 0.15) is 154 Å². The number of para-hydroxylation sites is 3. The molecule has 8 aromatic carbocycles. The fraction of sp³-hybridized carbons (Fsp3) is 0.342. The number of anilines is 8. The van der Waals surface area contributed by atoms with Gasteiger partial charge in [-0.2, -0.15) is 0 Å². The molecule has 3 aliphatic heterocycles. The molecule has 4 nitrogen and oxygen atoms in total. The van der Waals surface area contributed by atoms with Gasteiger partial charge in [-0.1, -0.05) is 166 Å². The van der Waals surface area contributed by atoms with Crippen molar-refractivity contribution < 1.29 is 4.42 Å². The lowest BCUT2D eigenvalue weighted by Crippen LogP contribution is -2.64. The van der Waals surface area contributed by atoms with E-state index in [-0.39, 0.29) is 39.3 Å². The number of hydrogen-bond donors (Lipinski definition) is 0. The predicted molar refractivity (Wildman–Crippen MR) is 331 cm³/mol. The Bertz CT molecular complexity index is 4030. The van der Waals surface area contributed by atoms with E-state index < -0.39 is 0 Å². The maximum atomic E-state index is 7.03. The van der Waals surface area contributed by atoms with Crippen LogP contribution in [0.4, 0.5) is 45.5 Å². The van der Waals surface area contributed by atoms with Gasteiger partial charge in [0.2, 0.25) is 0 Å². The van der Waals surface area contributed by atoms with Gasteiger partial charge in [0.1, 0.15) is 5.58 Å². The van der Waals surface area contributed by atoms with Gasteiger partial charge in [0.25, 0.3) is 6.71 Å². The largest absolute Gasteiger partial charge is 0.454 e. The Labute approximate surface area is 463 Å². The SMILES string of the molecule is Cc1cc2c3c(c1)N1c4c(cccc4C4(C)CCCCC14C)B3c1ccc(N(c3ccc4c(c3)C(C)(C)CCC4(C)C)c3cccc4c3oc3ccccc34)cc1N2c1cc2c(cc1-c1ccccc1)C(C)(C)CCC2(C)C. The Hall–Kier alpha value is -6.98. The average molecular weight is 1020 g/mol. The van der Waals surface area contributed by atoms with Gasteiger partial charge >= 0.3 is 0 Å². The number of hydrogen-bond acceptors (Lipinski definition) is 4.